The normalized spacial score (nSPS) is 10.1. The fourth-order valence-corrected chi connectivity index (χ4v) is 1.95. The van der Waals surface area contributed by atoms with Crippen molar-refractivity contribution in [2.75, 3.05) is 19.1 Å². The van der Waals surface area contributed by atoms with Gasteiger partial charge in [0.2, 0.25) is 0 Å². The lowest BCUT2D eigenvalue weighted by atomic mass is 10.2. The molecular formula is C15H14ClNO2. The molecular weight excluding hydrogens is 262 g/mol. The van der Waals surface area contributed by atoms with E-state index in [4.69, 9.17) is 16.3 Å². The first-order valence-electron chi connectivity index (χ1n) is 5.80. The molecule has 0 aliphatic carbocycles. The Morgan fingerprint density at radius 2 is 1.74 bits per heavy atom. The number of hydrogen-bond donors (Lipinski definition) is 0. The third kappa shape index (κ3) is 2.88. The molecule has 0 aliphatic heterocycles. The van der Waals surface area contributed by atoms with Crippen LogP contribution in [0.2, 0.25) is 5.02 Å². The Bertz CT molecular complexity index is 581. The highest BCUT2D eigenvalue weighted by molar-refractivity contribution is 6.34. The first kappa shape index (κ1) is 13.4. The maximum atomic E-state index is 12.3. The zero-order valence-corrected chi connectivity index (χ0v) is 11.5. The number of methoxy groups -OCH3 is 1. The van der Waals surface area contributed by atoms with Gasteiger partial charge in [-0.3, -0.25) is 4.79 Å². The van der Waals surface area contributed by atoms with Crippen LogP contribution in [-0.2, 0) is 0 Å². The van der Waals surface area contributed by atoms with Gasteiger partial charge >= 0.3 is 0 Å². The van der Waals surface area contributed by atoms with E-state index >= 15 is 0 Å². The number of nitrogens with zero attached hydrogens (tertiary/aromatic N) is 1. The molecule has 0 fully saturated rings. The van der Waals surface area contributed by atoms with Crippen molar-refractivity contribution in [1.29, 1.82) is 0 Å². The second kappa shape index (κ2) is 5.76. The summed E-state index contributed by atoms with van der Waals surface area (Å²) in [7, 11) is 3.32. The van der Waals surface area contributed by atoms with Gasteiger partial charge in [0, 0.05) is 12.7 Å². The quantitative estimate of drug-likeness (QED) is 0.856. The van der Waals surface area contributed by atoms with E-state index in [9.17, 15) is 4.79 Å². The van der Waals surface area contributed by atoms with Gasteiger partial charge in [-0.2, -0.15) is 0 Å². The molecule has 0 spiro atoms. The largest absolute Gasteiger partial charge is 0.497 e. The number of hydrogen-bond acceptors (Lipinski definition) is 2. The maximum absolute atomic E-state index is 12.3. The van der Waals surface area contributed by atoms with Gasteiger partial charge in [-0.25, -0.2) is 0 Å². The lowest BCUT2D eigenvalue weighted by Crippen LogP contribution is -2.26. The molecule has 2 aromatic rings. The van der Waals surface area contributed by atoms with Gasteiger partial charge in [0.25, 0.3) is 5.91 Å². The zero-order chi connectivity index (χ0) is 13.8. The molecule has 0 aromatic heterocycles. The molecule has 2 aromatic carbocycles. The molecule has 19 heavy (non-hydrogen) atoms. The van der Waals surface area contributed by atoms with Gasteiger partial charge in [0.15, 0.2) is 0 Å². The minimum Gasteiger partial charge on any atom is -0.497 e. The molecule has 0 saturated carbocycles. The maximum Gasteiger partial charge on any atom is 0.259 e. The van der Waals surface area contributed by atoms with Crippen LogP contribution in [0.15, 0.2) is 48.5 Å². The van der Waals surface area contributed by atoms with Crippen LogP contribution < -0.4 is 9.64 Å². The fourth-order valence-electron chi connectivity index (χ4n) is 1.74. The number of carbonyl (C=O) groups is 1. The summed E-state index contributed by atoms with van der Waals surface area (Å²) < 4.78 is 5.09. The highest BCUT2D eigenvalue weighted by atomic mass is 35.5. The molecule has 0 heterocycles. The molecule has 0 unspecified atom stereocenters. The van der Waals surface area contributed by atoms with E-state index < -0.39 is 0 Å². The molecule has 0 N–H and O–H groups in total. The Morgan fingerprint density at radius 1 is 1.11 bits per heavy atom. The van der Waals surface area contributed by atoms with E-state index in [2.05, 4.69) is 0 Å². The average molecular weight is 276 g/mol. The van der Waals surface area contributed by atoms with Crippen LogP contribution in [-0.4, -0.2) is 20.1 Å². The van der Waals surface area contributed by atoms with Gasteiger partial charge < -0.3 is 9.64 Å². The highest BCUT2D eigenvalue weighted by Crippen LogP contribution is 2.22. The Labute approximate surface area is 117 Å². The van der Waals surface area contributed by atoms with E-state index in [1.165, 1.54) is 0 Å². The Balaban J connectivity index is 2.26. The van der Waals surface area contributed by atoms with Crippen molar-refractivity contribution in [3.63, 3.8) is 0 Å². The molecule has 1 amide bonds. The summed E-state index contributed by atoms with van der Waals surface area (Å²) in [6.45, 7) is 0. The summed E-state index contributed by atoms with van der Waals surface area (Å²) in [5.74, 6) is 0.609. The summed E-state index contributed by atoms with van der Waals surface area (Å²) in [4.78, 5) is 13.9. The first-order valence-corrected chi connectivity index (χ1v) is 6.18. The van der Waals surface area contributed by atoms with Gasteiger partial charge in [-0.15, -0.1) is 0 Å². The Morgan fingerprint density at radius 3 is 2.32 bits per heavy atom. The third-order valence-corrected chi connectivity index (χ3v) is 3.20. The minimum atomic E-state index is -0.143. The van der Waals surface area contributed by atoms with Crippen molar-refractivity contribution in [3.05, 3.63) is 59.1 Å². The van der Waals surface area contributed by atoms with Gasteiger partial charge in [-0.1, -0.05) is 23.7 Å². The summed E-state index contributed by atoms with van der Waals surface area (Å²) in [6.07, 6.45) is 0. The Kier molecular flexibility index (Phi) is 4.07. The number of amides is 1. The third-order valence-electron chi connectivity index (χ3n) is 2.87. The highest BCUT2D eigenvalue weighted by Gasteiger charge is 2.15. The topological polar surface area (TPSA) is 29.5 Å². The Hall–Kier alpha value is -2.00. The van der Waals surface area contributed by atoms with Crippen molar-refractivity contribution in [3.8, 4) is 5.75 Å². The van der Waals surface area contributed by atoms with Crippen molar-refractivity contribution in [2.24, 2.45) is 0 Å². The minimum absolute atomic E-state index is 0.143. The molecule has 3 nitrogen and oxygen atoms in total. The van der Waals surface area contributed by atoms with Crippen molar-refractivity contribution >= 4 is 23.2 Å². The van der Waals surface area contributed by atoms with Crippen LogP contribution in [0.1, 0.15) is 10.4 Å². The summed E-state index contributed by atoms with van der Waals surface area (Å²) in [6, 6.07) is 14.3. The monoisotopic (exact) mass is 275 g/mol. The SMILES string of the molecule is COc1ccc(N(C)C(=O)c2ccccc2Cl)cc1. The predicted octanol–water partition coefficient (Wildman–Crippen LogP) is 3.63. The van der Waals surface area contributed by atoms with Crippen molar-refractivity contribution < 1.29 is 9.53 Å². The standard InChI is InChI=1S/C15H14ClNO2/c1-17(11-7-9-12(19-2)10-8-11)15(18)13-5-3-4-6-14(13)16/h3-10H,1-2H3. The summed E-state index contributed by atoms with van der Waals surface area (Å²) in [5, 5.41) is 0.452. The van der Waals surface area contributed by atoms with E-state index in [0.29, 0.717) is 10.6 Å². The van der Waals surface area contributed by atoms with Gasteiger partial charge in [0.05, 0.1) is 17.7 Å². The molecule has 4 heteroatoms. The molecule has 2 rings (SSSR count). The molecule has 98 valence electrons. The smallest absolute Gasteiger partial charge is 0.259 e. The number of anilines is 1. The van der Waals surface area contributed by atoms with Crippen LogP contribution in [0.4, 0.5) is 5.69 Å². The van der Waals surface area contributed by atoms with Gasteiger partial charge in [0.1, 0.15) is 5.75 Å². The van der Waals surface area contributed by atoms with Gasteiger partial charge in [-0.05, 0) is 36.4 Å². The molecule has 0 saturated heterocycles. The van der Waals surface area contributed by atoms with E-state index in [0.717, 1.165) is 11.4 Å². The number of carbonyl (C=O) groups excluding carboxylic acids is 1. The number of benzene rings is 2. The van der Waals surface area contributed by atoms with Crippen LogP contribution >= 0.6 is 11.6 Å². The molecule has 0 radical (unpaired) electrons. The number of ether oxygens (including phenoxy) is 1. The van der Waals surface area contributed by atoms with Crippen molar-refractivity contribution in [1.82, 2.24) is 0 Å². The van der Waals surface area contributed by atoms with Crippen molar-refractivity contribution in [2.45, 2.75) is 0 Å². The molecule has 0 bridgehead atoms. The van der Waals surface area contributed by atoms with E-state index in [1.807, 2.05) is 24.3 Å². The second-order valence-corrected chi connectivity index (χ2v) is 4.45. The van der Waals surface area contributed by atoms with E-state index in [1.54, 1.807) is 43.3 Å². The lowest BCUT2D eigenvalue weighted by Gasteiger charge is -2.18. The summed E-state index contributed by atoms with van der Waals surface area (Å²) in [5.41, 5.74) is 1.27. The van der Waals surface area contributed by atoms with Crippen LogP contribution in [0, 0.1) is 0 Å². The molecule has 0 atom stereocenters. The van der Waals surface area contributed by atoms with Crippen LogP contribution in [0.3, 0.4) is 0 Å². The fraction of sp³-hybridized carbons (Fsp3) is 0.133. The first-order chi connectivity index (χ1) is 9.13. The lowest BCUT2D eigenvalue weighted by molar-refractivity contribution is 0.0993. The second-order valence-electron chi connectivity index (χ2n) is 4.04. The zero-order valence-electron chi connectivity index (χ0n) is 10.8. The molecule has 0 aliphatic rings. The number of halogens is 1. The average Bonchev–Trinajstić information content (AvgIpc) is 2.46. The van der Waals surface area contributed by atoms with Crippen LogP contribution in [0.25, 0.3) is 0 Å². The summed E-state index contributed by atoms with van der Waals surface area (Å²) >= 11 is 6.03. The van der Waals surface area contributed by atoms with Crippen LogP contribution in [0.5, 0.6) is 5.75 Å². The predicted molar refractivity (Wildman–Crippen MR) is 77.2 cm³/mol. The number of rotatable bonds is 3. The van der Waals surface area contributed by atoms with E-state index in [-0.39, 0.29) is 5.91 Å².